The summed E-state index contributed by atoms with van der Waals surface area (Å²) >= 11 is 0. The summed E-state index contributed by atoms with van der Waals surface area (Å²) in [7, 11) is 1.72. The summed E-state index contributed by atoms with van der Waals surface area (Å²) in [5, 5.41) is 31.5. The Morgan fingerprint density at radius 2 is 1.82 bits per heavy atom. The van der Waals surface area contributed by atoms with Gasteiger partial charge >= 0.3 is 0 Å². The fourth-order valence-corrected chi connectivity index (χ4v) is 2.02. The molecule has 0 bridgehead atoms. The number of nitrogens with one attached hydrogen (secondary N) is 1. The van der Waals surface area contributed by atoms with Crippen molar-refractivity contribution in [2.75, 3.05) is 13.6 Å². The average molecular weight is 234 g/mol. The number of aryl methyl sites for hydroxylation is 2. The summed E-state index contributed by atoms with van der Waals surface area (Å²) in [5.74, 6) is 0. The molecule has 0 aliphatic rings. The smallest absolute Gasteiger partial charge is 0.107 e. The van der Waals surface area contributed by atoms with E-state index in [1.165, 1.54) is 0 Å². The molecule has 4 nitrogen and oxygen atoms in total. The first-order valence-electron chi connectivity index (χ1n) is 5.53. The van der Waals surface area contributed by atoms with Crippen molar-refractivity contribution in [3.8, 4) is 6.07 Å². The number of hydrogen-bond acceptors (Lipinski definition) is 4. The van der Waals surface area contributed by atoms with Crippen LogP contribution in [-0.2, 0) is 0 Å². The first-order valence-corrected chi connectivity index (χ1v) is 5.53. The number of nitriles is 1. The number of rotatable bonds is 4. The maximum absolute atomic E-state index is 10.1. The van der Waals surface area contributed by atoms with Gasteiger partial charge in [0, 0.05) is 6.54 Å². The summed E-state index contributed by atoms with van der Waals surface area (Å²) in [4.78, 5) is 0. The second kappa shape index (κ2) is 5.78. The Hall–Kier alpha value is -1.41. The summed E-state index contributed by atoms with van der Waals surface area (Å²) < 4.78 is 0. The van der Waals surface area contributed by atoms with E-state index in [2.05, 4.69) is 11.4 Å². The van der Waals surface area contributed by atoms with Crippen LogP contribution in [0.4, 0.5) is 0 Å². The first-order chi connectivity index (χ1) is 8.01. The Labute approximate surface area is 102 Å². The molecule has 4 heteroatoms. The largest absolute Gasteiger partial charge is 0.389 e. The molecule has 0 radical (unpaired) electrons. The van der Waals surface area contributed by atoms with Gasteiger partial charge in [-0.1, -0.05) is 0 Å². The maximum atomic E-state index is 10.1. The van der Waals surface area contributed by atoms with Crippen molar-refractivity contribution >= 4 is 0 Å². The molecule has 2 atom stereocenters. The van der Waals surface area contributed by atoms with Crippen LogP contribution in [0.1, 0.15) is 28.4 Å². The van der Waals surface area contributed by atoms with Crippen LogP contribution in [0, 0.1) is 25.2 Å². The predicted molar refractivity (Wildman–Crippen MR) is 65.5 cm³/mol. The van der Waals surface area contributed by atoms with Gasteiger partial charge in [-0.05, 0) is 49.7 Å². The van der Waals surface area contributed by atoms with Gasteiger partial charge < -0.3 is 15.5 Å². The summed E-state index contributed by atoms with van der Waals surface area (Å²) in [6, 6.07) is 5.51. The van der Waals surface area contributed by atoms with Crippen molar-refractivity contribution in [3.63, 3.8) is 0 Å². The van der Waals surface area contributed by atoms with Crippen molar-refractivity contribution in [3.05, 3.63) is 34.4 Å². The van der Waals surface area contributed by atoms with Crippen LogP contribution < -0.4 is 5.32 Å². The fraction of sp³-hybridized carbons (Fsp3) is 0.462. The van der Waals surface area contributed by atoms with E-state index < -0.39 is 12.2 Å². The fourth-order valence-electron chi connectivity index (χ4n) is 2.02. The van der Waals surface area contributed by atoms with Gasteiger partial charge in [0.1, 0.15) is 6.10 Å². The molecule has 2 unspecified atom stereocenters. The van der Waals surface area contributed by atoms with E-state index in [4.69, 9.17) is 5.26 Å². The first kappa shape index (κ1) is 13.7. The van der Waals surface area contributed by atoms with Gasteiger partial charge in [-0.25, -0.2) is 0 Å². The van der Waals surface area contributed by atoms with Gasteiger partial charge in [-0.3, -0.25) is 0 Å². The Morgan fingerprint density at radius 1 is 1.29 bits per heavy atom. The van der Waals surface area contributed by atoms with Crippen LogP contribution in [0.15, 0.2) is 12.1 Å². The van der Waals surface area contributed by atoms with Crippen molar-refractivity contribution < 1.29 is 10.2 Å². The zero-order valence-corrected chi connectivity index (χ0v) is 10.4. The van der Waals surface area contributed by atoms with E-state index in [1.54, 1.807) is 19.2 Å². The zero-order chi connectivity index (χ0) is 13.0. The summed E-state index contributed by atoms with van der Waals surface area (Å²) in [6.45, 7) is 3.98. The Kier molecular flexibility index (Phi) is 4.64. The average Bonchev–Trinajstić information content (AvgIpc) is 2.28. The van der Waals surface area contributed by atoms with E-state index >= 15 is 0 Å². The summed E-state index contributed by atoms with van der Waals surface area (Å²) in [6.07, 6.45) is -1.79. The van der Waals surface area contributed by atoms with Crippen molar-refractivity contribution in [1.82, 2.24) is 5.32 Å². The van der Waals surface area contributed by atoms with Crippen LogP contribution in [0.2, 0.25) is 0 Å². The van der Waals surface area contributed by atoms with Gasteiger partial charge in [0.2, 0.25) is 0 Å². The lowest BCUT2D eigenvalue weighted by Crippen LogP contribution is -2.30. The Morgan fingerprint density at radius 3 is 2.24 bits per heavy atom. The van der Waals surface area contributed by atoms with Gasteiger partial charge in [-0.2, -0.15) is 5.26 Å². The third-order valence-electron chi connectivity index (χ3n) is 2.80. The molecule has 0 saturated heterocycles. The molecular weight excluding hydrogens is 216 g/mol. The van der Waals surface area contributed by atoms with E-state index in [0.29, 0.717) is 17.7 Å². The van der Waals surface area contributed by atoms with Gasteiger partial charge in [0.05, 0.1) is 17.7 Å². The second-order valence-electron chi connectivity index (χ2n) is 4.21. The standard InChI is InChI=1S/C13H18N2O2/c1-8-4-10(6-14)5-9(2)12(8)13(17)11(16)7-15-3/h4-5,11,13,15-17H,7H2,1-3H3. The van der Waals surface area contributed by atoms with E-state index in [1.807, 2.05) is 13.8 Å². The molecule has 0 fully saturated rings. The molecule has 0 aliphatic heterocycles. The Bertz CT molecular complexity index is 415. The van der Waals surface area contributed by atoms with Crippen LogP contribution in [-0.4, -0.2) is 29.9 Å². The van der Waals surface area contributed by atoms with Gasteiger partial charge in [0.15, 0.2) is 0 Å². The topological polar surface area (TPSA) is 76.3 Å². The molecule has 1 rings (SSSR count). The third-order valence-corrected chi connectivity index (χ3v) is 2.80. The highest BCUT2D eigenvalue weighted by Crippen LogP contribution is 2.25. The lowest BCUT2D eigenvalue weighted by molar-refractivity contribution is 0.0195. The molecule has 0 amide bonds. The minimum Gasteiger partial charge on any atom is -0.389 e. The van der Waals surface area contributed by atoms with Crippen LogP contribution in [0.3, 0.4) is 0 Å². The molecule has 1 aromatic carbocycles. The number of nitrogens with zero attached hydrogens (tertiary/aromatic N) is 1. The Balaban J connectivity index is 3.10. The minimum atomic E-state index is -0.935. The molecule has 17 heavy (non-hydrogen) atoms. The molecule has 0 aliphatic carbocycles. The maximum Gasteiger partial charge on any atom is 0.107 e. The van der Waals surface area contributed by atoms with E-state index in [9.17, 15) is 10.2 Å². The third kappa shape index (κ3) is 3.04. The highest BCUT2D eigenvalue weighted by molar-refractivity contribution is 5.44. The molecule has 0 heterocycles. The van der Waals surface area contributed by atoms with Crippen molar-refractivity contribution in [2.45, 2.75) is 26.1 Å². The number of likely N-dealkylation sites (N-methyl/N-ethyl adjacent to an activating group) is 1. The minimum absolute atomic E-state index is 0.319. The summed E-state index contributed by atoms with van der Waals surface area (Å²) in [5.41, 5.74) is 2.92. The molecule has 92 valence electrons. The van der Waals surface area contributed by atoms with E-state index in [0.717, 1.165) is 11.1 Å². The zero-order valence-electron chi connectivity index (χ0n) is 10.4. The quantitative estimate of drug-likeness (QED) is 0.720. The SMILES string of the molecule is CNCC(O)C(O)c1c(C)cc(C#N)cc1C. The molecule has 0 aromatic heterocycles. The molecule has 3 N–H and O–H groups in total. The van der Waals surface area contributed by atoms with E-state index in [-0.39, 0.29) is 0 Å². The van der Waals surface area contributed by atoms with Crippen molar-refractivity contribution in [2.24, 2.45) is 0 Å². The number of aliphatic hydroxyl groups excluding tert-OH is 2. The van der Waals surface area contributed by atoms with Crippen molar-refractivity contribution in [1.29, 1.82) is 5.26 Å². The normalized spacial score (nSPS) is 14.1. The molecule has 0 spiro atoms. The highest BCUT2D eigenvalue weighted by Gasteiger charge is 2.21. The predicted octanol–water partition coefficient (Wildman–Crippen LogP) is 0.789. The van der Waals surface area contributed by atoms with Gasteiger partial charge in [0.25, 0.3) is 0 Å². The monoisotopic (exact) mass is 234 g/mol. The number of aliphatic hydroxyl groups is 2. The van der Waals surface area contributed by atoms with Crippen LogP contribution >= 0.6 is 0 Å². The van der Waals surface area contributed by atoms with Crippen LogP contribution in [0.5, 0.6) is 0 Å². The van der Waals surface area contributed by atoms with Gasteiger partial charge in [-0.15, -0.1) is 0 Å². The molecule has 0 saturated carbocycles. The number of hydrogen-bond donors (Lipinski definition) is 3. The molecule has 1 aromatic rings. The molecular formula is C13H18N2O2. The number of benzene rings is 1. The lowest BCUT2D eigenvalue weighted by Gasteiger charge is -2.21. The second-order valence-corrected chi connectivity index (χ2v) is 4.21. The lowest BCUT2D eigenvalue weighted by atomic mass is 9.93. The highest BCUT2D eigenvalue weighted by atomic mass is 16.3. The van der Waals surface area contributed by atoms with Crippen LogP contribution in [0.25, 0.3) is 0 Å².